The summed E-state index contributed by atoms with van der Waals surface area (Å²) < 4.78 is 7.25. The average Bonchev–Trinajstić information content (AvgIpc) is 2.88. The normalized spacial score (nSPS) is 12.5. The summed E-state index contributed by atoms with van der Waals surface area (Å²) in [5.41, 5.74) is 4.82. The van der Waals surface area contributed by atoms with E-state index in [4.69, 9.17) is 4.74 Å². The summed E-state index contributed by atoms with van der Waals surface area (Å²) in [6.07, 6.45) is 0.959. The van der Waals surface area contributed by atoms with Crippen LogP contribution in [-0.4, -0.2) is 22.9 Å². The van der Waals surface area contributed by atoms with E-state index in [1.807, 2.05) is 23.9 Å². The molecule has 24 heavy (non-hydrogen) atoms. The highest BCUT2D eigenvalue weighted by molar-refractivity contribution is 5.82. The molecule has 1 heterocycles. The third-order valence-electron chi connectivity index (χ3n) is 4.38. The monoisotopic (exact) mass is 323 g/mol. The first-order valence-electron chi connectivity index (χ1n) is 8.35. The lowest BCUT2D eigenvalue weighted by molar-refractivity contribution is 0.414. The minimum Gasteiger partial charge on any atom is -0.497 e. The van der Waals surface area contributed by atoms with Crippen LogP contribution in [0.5, 0.6) is 5.75 Å². The molecule has 0 aliphatic carbocycles. The Kier molecular flexibility index (Phi) is 4.86. The molecule has 0 saturated heterocycles. The number of hydrogen-bond acceptors (Lipinski definition) is 3. The SMILES string of the molecule is COc1cccc(C[C@@H](C)NCc2nn(C)c3ccc(C)cc23)c1. The summed E-state index contributed by atoms with van der Waals surface area (Å²) in [5, 5.41) is 9.50. The molecule has 0 radical (unpaired) electrons. The van der Waals surface area contributed by atoms with Gasteiger partial charge in [-0.05, 0) is 50.1 Å². The summed E-state index contributed by atoms with van der Waals surface area (Å²) in [4.78, 5) is 0. The number of nitrogens with zero attached hydrogens (tertiary/aromatic N) is 2. The van der Waals surface area contributed by atoms with E-state index in [-0.39, 0.29) is 0 Å². The minimum absolute atomic E-state index is 0.360. The van der Waals surface area contributed by atoms with Crippen LogP contribution in [-0.2, 0) is 20.0 Å². The zero-order chi connectivity index (χ0) is 17.1. The largest absolute Gasteiger partial charge is 0.497 e. The molecule has 0 aliphatic heterocycles. The fraction of sp³-hybridized carbons (Fsp3) is 0.350. The Morgan fingerprint density at radius 3 is 2.83 bits per heavy atom. The molecule has 0 aliphatic rings. The van der Waals surface area contributed by atoms with Gasteiger partial charge in [0.05, 0.1) is 18.3 Å². The Labute approximate surface area is 143 Å². The number of aryl methyl sites for hydroxylation is 2. The van der Waals surface area contributed by atoms with Crippen molar-refractivity contribution in [2.24, 2.45) is 7.05 Å². The Hall–Kier alpha value is -2.33. The minimum atomic E-state index is 0.360. The first-order valence-corrected chi connectivity index (χ1v) is 8.35. The molecule has 1 N–H and O–H groups in total. The van der Waals surface area contributed by atoms with Gasteiger partial charge in [-0.1, -0.05) is 23.8 Å². The lowest BCUT2D eigenvalue weighted by Gasteiger charge is -2.14. The molecule has 0 unspecified atom stereocenters. The first-order chi connectivity index (χ1) is 11.6. The number of rotatable bonds is 6. The van der Waals surface area contributed by atoms with Crippen molar-refractivity contribution >= 4 is 10.9 Å². The molecule has 4 nitrogen and oxygen atoms in total. The molecule has 3 aromatic rings. The van der Waals surface area contributed by atoms with Gasteiger partial charge in [-0.2, -0.15) is 5.10 Å². The molecule has 0 bridgehead atoms. The lowest BCUT2D eigenvalue weighted by atomic mass is 10.1. The van der Waals surface area contributed by atoms with E-state index in [1.165, 1.54) is 22.0 Å². The predicted molar refractivity (Wildman–Crippen MR) is 98.5 cm³/mol. The Morgan fingerprint density at radius 2 is 2.04 bits per heavy atom. The van der Waals surface area contributed by atoms with E-state index in [0.29, 0.717) is 6.04 Å². The number of hydrogen-bond donors (Lipinski definition) is 1. The van der Waals surface area contributed by atoms with Crippen molar-refractivity contribution in [1.29, 1.82) is 0 Å². The zero-order valence-electron chi connectivity index (χ0n) is 14.8. The third-order valence-corrected chi connectivity index (χ3v) is 4.38. The first kappa shape index (κ1) is 16.5. The molecule has 1 atom stereocenters. The number of methoxy groups -OCH3 is 1. The van der Waals surface area contributed by atoms with Crippen LogP contribution in [0.3, 0.4) is 0 Å². The maximum atomic E-state index is 5.29. The zero-order valence-corrected chi connectivity index (χ0v) is 14.8. The van der Waals surface area contributed by atoms with Gasteiger partial charge in [-0.3, -0.25) is 4.68 Å². The number of aromatic nitrogens is 2. The number of nitrogens with one attached hydrogen (secondary N) is 1. The van der Waals surface area contributed by atoms with Gasteiger partial charge in [0.15, 0.2) is 0 Å². The quantitative estimate of drug-likeness (QED) is 0.753. The van der Waals surface area contributed by atoms with E-state index >= 15 is 0 Å². The van der Waals surface area contributed by atoms with Gasteiger partial charge in [-0.15, -0.1) is 0 Å². The predicted octanol–water partition coefficient (Wildman–Crippen LogP) is 3.61. The summed E-state index contributed by atoms with van der Waals surface area (Å²) in [6, 6.07) is 15.1. The molecule has 0 fully saturated rings. The van der Waals surface area contributed by atoms with Crippen molar-refractivity contribution in [1.82, 2.24) is 15.1 Å². The van der Waals surface area contributed by atoms with Gasteiger partial charge < -0.3 is 10.1 Å². The van der Waals surface area contributed by atoms with Crippen molar-refractivity contribution < 1.29 is 4.74 Å². The van der Waals surface area contributed by atoms with Crippen LogP contribution in [0.2, 0.25) is 0 Å². The van der Waals surface area contributed by atoms with E-state index < -0.39 is 0 Å². The van der Waals surface area contributed by atoms with Gasteiger partial charge in [0.1, 0.15) is 5.75 Å². The second kappa shape index (κ2) is 7.05. The number of ether oxygens (including phenoxy) is 1. The van der Waals surface area contributed by atoms with Gasteiger partial charge in [0.25, 0.3) is 0 Å². The Morgan fingerprint density at radius 1 is 1.21 bits per heavy atom. The molecular formula is C20H25N3O. The van der Waals surface area contributed by atoms with Crippen LogP contribution in [0.15, 0.2) is 42.5 Å². The third kappa shape index (κ3) is 3.60. The standard InChI is InChI=1S/C20H25N3O/c1-14-8-9-20-18(10-14)19(22-23(20)3)13-21-15(2)11-16-6-5-7-17(12-16)24-4/h5-10,12,15,21H,11,13H2,1-4H3/t15-/m1/s1. The Bertz CT molecular complexity index is 838. The average molecular weight is 323 g/mol. The van der Waals surface area contributed by atoms with Crippen LogP contribution in [0.1, 0.15) is 23.7 Å². The van der Waals surface area contributed by atoms with E-state index in [1.54, 1.807) is 7.11 Å². The van der Waals surface area contributed by atoms with Crippen molar-refractivity contribution in [3.05, 3.63) is 59.3 Å². The maximum Gasteiger partial charge on any atom is 0.119 e. The molecule has 4 heteroatoms. The van der Waals surface area contributed by atoms with Crippen LogP contribution in [0, 0.1) is 6.92 Å². The second-order valence-corrected chi connectivity index (χ2v) is 6.43. The molecule has 1 aromatic heterocycles. The van der Waals surface area contributed by atoms with E-state index in [0.717, 1.165) is 24.4 Å². The topological polar surface area (TPSA) is 39.1 Å². The van der Waals surface area contributed by atoms with Gasteiger partial charge in [-0.25, -0.2) is 0 Å². The molecule has 2 aromatic carbocycles. The van der Waals surface area contributed by atoms with Gasteiger partial charge in [0, 0.05) is 25.0 Å². The smallest absolute Gasteiger partial charge is 0.119 e. The molecule has 126 valence electrons. The van der Waals surface area contributed by atoms with Crippen LogP contribution in [0.25, 0.3) is 10.9 Å². The van der Waals surface area contributed by atoms with E-state index in [9.17, 15) is 0 Å². The van der Waals surface area contributed by atoms with Crippen LogP contribution < -0.4 is 10.1 Å². The fourth-order valence-corrected chi connectivity index (χ4v) is 3.08. The highest BCUT2D eigenvalue weighted by atomic mass is 16.5. The number of fused-ring (bicyclic) bond motifs is 1. The van der Waals surface area contributed by atoms with Crippen LogP contribution >= 0.6 is 0 Å². The molecule has 3 rings (SSSR count). The fourth-order valence-electron chi connectivity index (χ4n) is 3.08. The van der Waals surface area contributed by atoms with Gasteiger partial charge in [0.2, 0.25) is 0 Å². The molecule has 0 amide bonds. The maximum absolute atomic E-state index is 5.29. The molecule has 0 spiro atoms. The van der Waals surface area contributed by atoms with Gasteiger partial charge >= 0.3 is 0 Å². The molecular weight excluding hydrogens is 298 g/mol. The summed E-state index contributed by atoms with van der Waals surface area (Å²) in [5.74, 6) is 0.908. The van der Waals surface area contributed by atoms with Crippen molar-refractivity contribution in [3.63, 3.8) is 0 Å². The lowest BCUT2D eigenvalue weighted by Crippen LogP contribution is -2.27. The van der Waals surface area contributed by atoms with E-state index in [2.05, 4.69) is 54.6 Å². The molecule has 0 saturated carbocycles. The highest BCUT2D eigenvalue weighted by Gasteiger charge is 2.10. The van der Waals surface area contributed by atoms with Crippen molar-refractivity contribution in [2.75, 3.05) is 7.11 Å². The highest BCUT2D eigenvalue weighted by Crippen LogP contribution is 2.20. The van der Waals surface area contributed by atoms with Crippen molar-refractivity contribution in [3.8, 4) is 5.75 Å². The summed E-state index contributed by atoms with van der Waals surface area (Å²) >= 11 is 0. The second-order valence-electron chi connectivity index (χ2n) is 6.43. The van der Waals surface area contributed by atoms with Crippen molar-refractivity contribution in [2.45, 2.75) is 32.9 Å². The Balaban J connectivity index is 1.68. The summed E-state index contributed by atoms with van der Waals surface area (Å²) in [7, 11) is 3.70. The number of benzene rings is 2. The van der Waals surface area contributed by atoms with Crippen LogP contribution in [0.4, 0.5) is 0 Å². The summed E-state index contributed by atoms with van der Waals surface area (Å²) in [6.45, 7) is 5.09.